The molecule has 0 aromatic heterocycles. The van der Waals surface area contributed by atoms with Crippen molar-refractivity contribution >= 4 is 17.3 Å². The molecule has 110 valence electrons. The molecule has 2 aromatic carbocycles. The summed E-state index contributed by atoms with van der Waals surface area (Å²) in [5.74, 6) is -0.782. The topological polar surface area (TPSA) is 72.6 Å². The molecule has 0 bridgehead atoms. The van der Waals surface area contributed by atoms with Crippen molar-refractivity contribution in [1.29, 1.82) is 0 Å². The Hall–Kier alpha value is -2.18. The lowest BCUT2D eigenvalue weighted by atomic mass is 10.1. The summed E-state index contributed by atoms with van der Waals surface area (Å²) in [7, 11) is 0. The van der Waals surface area contributed by atoms with Gasteiger partial charge in [-0.2, -0.15) is 0 Å². The molecular weight excluding hydrogens is 301 g/mol. The van der Waals surface area contributed by atoms with Gasteiger partial charge in [-0.15, -0.1) is 0 Å². The number of hydrogen-bond donors (Lipinski definition) is 1. The molecule has 5 nitrogen and oxygen atoms in total. The number of aryl methyl sites for hydroxylation is 1. The van der Waals surface area contributed by atoms with Gasteiger partial charge in [-0.3, -0.25) is 10.1 Å². The minimum Gasteiger partial charge on any atom is -0.454 e. The van der Waals surface area contributed by atoms with Crippen LogP contribution in [0.2, 0.25) is 5.02 Å². The second-order valence-electron chi connectivity index (χ2n) is 4.34. The van der Waals surface area contributed by atoms with Crippen molar-refractivity contribution in [2.75, 3.05) is 0 Å². The van der Waals surface area contributed by atoms with Crippen molar-refractivity contribution in [3.8, 4) is 11.5 Å². The average Bonchev–Trinajstić information content (AvgIpc) is 2.43. The number of benzene rings is 2. The Bertz CT molecular complexity index is 706. The van der Waals surface area contributed by atoms with Crippen molar-refractivity contribution in [2.24, 2.45) is 0 Å². The molecule has 0 heterocycles. The normalized spacial score (nSPS) is 10.5. The summed E-state index contributed by atoms with van der Waals surface area (Å²) in [6.07, 6.45) is 0. The van der Waals surface area contributed by atoms with E-state index in [1.54, 1.807) is 0 Å². The maximum atomic E-state index is 13.9. The fourth-order valence-electron chi connectivity index (χ4n) is 1.81. The summed E-state index contributed by atoms with van der Waals surface area (Å²) in [5.41, 5.74) is 0.340. The first-order valence-electron chi connectivity index (χ1n) is 5.94. The Morgan fingerprint density at radius 2 is 2.05 bits per heavy atom. The molecule has 7 heteroatoms. The van der Waals surface area contributed by atoms with Crippen molar-refractivity contribution in [2.45, 2.75) is 13.5 Å². The molecular formula is C14H11ClFNO4. The van der Waals surface area contributed by atoms with Crippen molar-refractivity contribution in [1.82, 2.24) is 0 Å². The highest BCUT2D eigenvalue weighted by Gasteiger charge is 2.17. The van der Waals surface area contributed by atoms with E-state index in [0.29, 0.717) is 10.6 Å². The third-order valence-electron chi connectivity index (χ3n) is 2.86. The molecule has 0 atom stereocenters. The summed E-state index contributed by atoms with van der Waals surface area (Å²) in [6, 6.07) is 6.56. The number of nitrogens with zero attached hydrogens (tertiary/aromatic N) is 1. The van der Waals surface area contributed by atoms with Crippen LogP contribution in [0.3, 0.4) is 0 Å². The van der Waals surface area contributed by atoms with Gasteiger partial charge in [0.25, 0.3) is 5.69 Å². The molecule has 0 saturated heterocycles. The predicted octanol–water partition coefficient (Wildman–Crippen LogP) is 3.98. The lowest BCUT2D eigenvalue weighted by molar-refractivity contribution is -0.385. The molecule has 0 spiro atoms. The number of rotatable bonds is 4. The Kier molecular flexibility index (Phi) is 4.40. The van der Waals surface area contributed by atoms with Crippen LogP contribution in [0.1, 0.15) is 11.1 Å². The van der Waals surface area contributed by atoms with Gasteiger partial charge in [-0.05, 0) is 31.2 Å². The number of nitro groups is 1. The van der Waals surface area contributed by atoms with Gasteiger partial charge in [0.1, 0.15) is 5.75 Å². The van der Waals surface area contributed by atoms with Crippen LogP contribution in [-0.4, -0.2) is 10.0 Å². The van der Waals surface area contributed by atoms with E-state index in [0.717, 1.165) is 6.07 Å². The molecule has 2 aromatic rings. The standard InChI is InChI=1S/C14H11ClFNO4/c1-8-4-14(11(16)6-12(8)17(19)20)21-13-3-2-10(15)5-9(13)7-18/h2-6,18H,7H2,1H3. The molecule has 0 radical (unpaired) electrons. The van der Waals surface area contributed by atoms with Crippen LogP contribution in [0.4, 0.5) is 10.1 Å². The Morgan fingerprint density at radius 1 is 1.33 bits per heavy atom. The fraction of sp³-hybridized carbons (Fsp3) is 0.143. The van der Waals surface area contributed by atoms with Crippen LogP contribution < -0.4 is 4.74 Å². The van der Waals surface area contributed by atoms with E-state index in [1.165, 1.54) is 31.2 Å². The lowest BCUT2D eigenvalue weighted by Crippen LogP contribution is -1.97. The zero-order valence-electron chi connectivity index (χ0n) is 11.0. The second kappa shape index (κ2) is 6.07. The molecule has 0 amide bonds. The number of hydrogen-bond acceptors (Lipinski definition) is 4. The van der Waals surface area contributed by atoms with Gasteiger partial charge in [0, 0.05) is 16.1 Å². The zero-order valence-corrected chi connectivity index (χ0v) is 11.7. The number of aliphatic hydroxyl groups excluding tert-OH is 1. The van der Waals surface area contributed by atoms with E-state index in [1.807, 2.05) is 0 Å². The summed E-state index contributed by atoms with van der Waals surface area (Å²) in [6.45, 7) is 1.16. The Balaban J connectivity index is 2.41. The molecule has 0 fully saturated rings. The van der Waals surface area contributed by atoms with Gasteiger partial charge in [-0.25, -0.2) is 4.39 Å². The van der Waals surface area contributed by atoms with Crippen molar-refractivity contribution in [3.05, 3.63) is 62.4 Å². The first-order chi connectivity index (χ1) is 9.92. The zero-order chi connectivity index (χ0) is 15.6. The second-order valence-corrected chi connectivity index (χ2v) is 4.77. The van der Waals surface area contributed by atoms with Crippen LogP contribution in [0.25, 0.3) is 0 Å². The summed E-state index contributed by atoms with van der Waals surface area (Å²) < 4.78 is 19.3. The third kappa shape index (κ3) is 3.29. The average molecular weight is 312 g/mol. The van der Waals surface area contributed by atoms with E-state index in [4.69, 9.17) is 16.3 Å². The Labute approximate surface area is 124 Å². The molecule has 0 unspecified atom stereocenters. The van der Waals surface area contributed by atoms with Crippen LogP contribution in [-0.2, 0) is 6.61 Å². The van der Waals surface area contributed by atoms with Gasteiger partial charge < -0.3 is 9.84 Å². The minimum atomic E-state index is -0.855. The maximum Gasteiger partial charge on any atom is 0.275 e. The predicted molar refractivity (Wildman–Crippen MR) is 75.2 cm³/mol. The van der Waals surface area contributed by atoms with Crippen LogP contribution >= 0.6 is 11.6 Å². The van der Waals surface area contributed by atoms with Gasteiger partial charge in [0.15, 0.2) is 11.6 Å². The highest BCUT2D eigenvalue weighted by Crippen LogP contribution is 2.33. The summed E-state index contributed by atoms with van der Waals surface area (Å²) in [4.78, 5) is 10.1. The van der Waals surface area contributed by atoms with E-state index < -0.39 is 10.7 Å². The van der Waals surface area contributed by atoms with Crippen molar-refractivity contribution in [3.63, 3.8) is 0 Å². The highest BCUT2D eigenvalue weighted by molar-refractivity contribution is 6.30. The van der Waals surface area contributed by atoms with Crippen LogP contribution in [0.5, 0.6) is 11.5 Å². The van der Waals surface area contributed by atoms with Crippen LogP contribution in [0.15, 0.2) is 30.3 Å². The highest BCUT2D eigenvalue weighted by atomic mass is 35.5. The SMILES string of the molecule is Cc1cc(Oc2ccc(Cl)cc2CO)c(F)cc1[N+](=O)[O-]. The van der Waals surface area contributed by atoms with E-state index in [2.05, 4.69) is 0 Å². The molecule has 2 rings (SSSR count). The molecule has 0 saturated carbocycles. The van der Waals surface area contributed by atoms with Gasteiger partial charge in [0.05, 0.1) is 17.6 Å². The first-order valence-corrected chi connectivity index (χ1v) is 6.32. The monoisotopic (exact) mass is 311 g/mol. The van der Waals surface area contributed by atoms with E-state index in [9.17, 15) is 19.6 Å². The molecule has 0 aliphatic heterocycles. The lowest BCUT2D eigenvalue weighted by Gasteiger charge is -2.11. The quantitative estimate of drug-likeness (QED) is 0.684. The molecule has 0 aliphatic rings. The van der Waals surface area contributed by atoms with E-state index in [-0.39, 0.29) is 29.4 Å². The minimum absolute atomic E-state index is 0.157. The molecule has 1 N–H and O–H groups in total. The third-order valence-corrected chi connectivity index (χ3v) is 3.10. The van der Waals surface area contributed by atoms with Gasteiger partial charge >= 0.3 is 0 Å². The number of aliphatic hydroxyl groups is 1. The first kappa shape index (κ1) is 15.2. The Morgan fingerprint density at radius 3 is 2.67 bits per heavy atom. The number of halogens is 2. The number of ether oxygens (including phenoxy) is 1. The van der Waals surface area contributed by atoms with E-state index >= 15 is 0 Å². The summed E-state index contributed by atoms with van der Waals surface area (Å²) >= 11 is 5.79. The van der Waals surface area contributed by atoms with Crippen LogP contribution in [0, 0.1) is 22.9 Å². The summed E-state index contributed by atoms with van der Waals surface area (Å²) in [5, 5.41) is 20.4. The fourth-order valence-corrected chi connectivity index (χ4v) is 2.00. The smallest absolute Gasteiger partial charge is 0.275 e. The van der Waals surface area contributed by atoms with Crippen molar-refractivity contribution < 1.29 is 19.2 Å². The van der Waals surface area contributed by atoms with Gasteiger partial charge in [-0.1, -0.05) is 11.6 Å². The maximum absolute atomic E-state index is 13.9. The largest absolute Gasteiger partial charge is 0.454 e. The number of nitro benzene ring substituents is 1. The molecule has 0 aliphatic carbocycles. The van der Waals surface area contributed by atoms with Gasteiger partial charge in [0.2, 0.25) is 0 Å². The molecule has 21 heavy (non-hydrogen) atoms.